The predicted octanol–water partition coefficient (Wildman–Crippen LogP) is 0.989. The van der Waals surface area contributed by atoms with Crippen LogP contribution in [0.25, 0.3) is 0 Å². The predicted molar refractivity (Wildman–Crippen MR) is 98.7 cm³/mol. The third kappa shape index (κ3) is 6.69. The van der Waals surface area contributed by atoms with Crippen LogP contribution in [0, 0.1) is 12.7 Å². The lowest BCUT2D eigenvalue weighted by atomic mass is 10.1. The molecule has 2 rings (SSSR count). The highest BCUT2D eigenvalue weighted by Gasteiger charge is 2.24. The maximum absolute atomic E-state index is 13.1. The summed E-state index contributed by atoms with van der Waals surface area (Å²) in [5.74, 6) is 0.0850. The first-order chi connectivity index (χ1) is 13.0. The zero-order valence-electron chi connectivity index (χ0n) is 16.1. The van der Waals surface area contributed by atoms with E-state index < -0.39 is 6.04 Å². The Balaban J connectivity index is 1.93. The van der Waals surface area contributed by atoms with Crippen molar-refractivity contribution in [3.63, 3.8) is 0 Å². The molecule has 1 heterocycles. The van der Waals surface area contributed by atoms with E-state index >= 15 is 0 Å². The van der Waals surface area contributed by atoms with E-state index in [1.165, 1.54) is 16.8 Å². The van der Waals surface area contributed by atoms with Gasteiger partial charge < -0.3 is 15.0 Å². The van der Waals surface area contributed by atoms with Crippen molar-refractivity contribution < 1.29 is 13.9 Å². The number of methoxy groups -OCH3 is 1. The minimum Gasteiger partial charge on any atom is -0.383 e. The molecule has 0 aliphatic carbocycles. The zero-order chi connectivity index (χ0) is 19.6. The Kier molecular flexibility index (Phi) is 8.28. The number of benzene rings is 1. The molecule has 0 spiro atoms. The van der Waals surface area contributed by atoms with Crippen LogP contribution in [0.15, 0.2) is 24.3 Å². The molecule has 8 nitrogen and oxygen atoms in total. The fourth-order valence-electron chi connectivity index (χ4n) is 2.70. The molecule has 0 aliphatic heterocycles. The van der Waals surface area contributed by atoms with Crippen LogP contribution in [0.3, 0.4) is 0 Å². The summed E-state index contributed by atoms with van der Waals surface area (Å²) in [5, 5.41) is 14.4. The van der Waals surface area contributed by atoms with Gasteiger partial charge in [-0.25, -0.2) is 9.07 Å². The lowest BCUT2D eigenvalue weighted by Crippen LogP contribution is -2.36. The Hall–Kier alpha value is -2.39. The average Bonchev–Trinajstić information content (AvgIpc) is 3.08. The molecular weight excluding hydrogens is 351 g/mol. The number of aromatic nitrogens is 4. The van der Waals surface area contributed by atoms with Crippen LogP contribution < -0.4 is 5.32 Å². The lowest BCUT2D eigenvalue weighted by molar-refractivity contribution is -0.124. The molecule has 1 atom stereocenters. The molecular formula is C18H27FN6O2. The van der Waals surface area contributed by atoms with Gasteiger partial charge in [-0.1, -0.05) is 12.1 Å². The minimum absolute atomic E-state index is 0.158. The van der Waals surface area contributed by atoms with Crippen molar-refractivity contribution in [2.24, 2.45) is 0 Å². The second kappa shape index (κ2) is 10.7. The van der Waals surface area contributed by atoms with Gasteiger partial charge in [-0.05, 0) is 55.1 Å². The van der Waals surface area contributed by atoms with E-state index in [2.05, 4.69) is 25.7 Å². The summed E-state index contributed by atoms with van der Waals surface area (Å²) in [5.41, 5.74) is 0.839. The molecule has 1 aromatic carbocycles. The first kappa shape index (κ1) is 20.9. The third-order valence-corrected chi connectivity index (χ3v) is 4.29. The molecule has 1 aromatic heterocycles. The van der Waals surface area contributed by atoms with E-state index in [1.54, 1.807) is 26.2 Å². The number of halogens is 1. The van der Waals surface area contributed by atoms with Gasteiger partial charge in [-0.2, -0.15) is 0 Å². The quantitative estimate of drug-likeness (QED) is 0.587. The van der Waals surface area contributed by atoms with Gasteiger partial charge in [-0.3, -0.25) is 4.79 Å². The Morgan fingerprint density at radius 1 is 1.33 bits per heavy atom. The number of hydrogen-bond donors (Lipinski definition) is 1. The van der Waals surface area contributed by atoms with Gasteiger partial charge in [0.1, 0.15) is 17.7 Å². The van der Waals surface area contributed by atoms with Crippen LogP contribution >= 0.6 is 0 Å². The molecule has 0 aliphatic rings. The molecule has 1 N–H and O–H groups in total. The highest BCUT2D eigenvalue weighted by molar-refractivity contribution is 5.80. The van der Waals surface area contributed by atoms with Crippen molar-refractivity contribution in [3.05, 3.63) is 41.5 Å². The highest BCUT2D eigenvalue weighted by atomic mass is 19.1. The highest BCUT2D eigenvalue weighted by Crippen LogP contribution is 2.15. The molecule has 0 radical (unpaired) electrons. The fourth-order valence-corrected chi connectivity index (χ4v) is 2.70. The van der Waals surface area contributed by atoms with Gasteiger partial charge in [0.05, 0.1) is 6.61 Å². The molecule has 0 saturated heterocycles. The Morgan fingerprint density at radius 3 is 2.70 bits per heavy atom. The molecule has 0 bridgehead atoms. The zero-order valence-corrected chi connectivity index (χ0v) is 16.1. The molecule has 148 valence electrons. The smallest absolute Gasteiger partial charge is 0.245 e. The molecule has 27 heavy (non-hydrogen) atoms. The van der Waals surface area contributed by atoms with Crippen molar-refractivity contribution in [3.8, 4) is 0 Å². The first-order valence-corrected chi connectivity index (χ1v) is 8.95. The van der Waals surface area contributed by atoms with E-state index in [-0.39, 0.29) is 11.7 Å². The van der Waals surface area contributed by atoms with Crippen LogP contribution in [-0.2, 0) is 16.0 Å². The molecule has 1 amide bonds. The van der Waals surface area contributed by atoms with E-state index in [1.807, 2.05) is 7.05 Å². The van der Waals surface area contributed by atoms with Gasteiger partial charge in [0, 0.05) is 26.6 Å². The number of carbonyl (C=O) groups is 1. The van der Waals surface area contributed by atoms with Gasteiger partial charge in [0.15, 0.2) is 0 Å². The Bertz CT molecular complexity index is 706. The van der Waals surface area contributed by atoms with Crippen LogP contribution in [0.4, 0.5) is 4.39 Å². The Labute approximate surface area is 158 Å². The topological polar surface area (TPSA) is 85.2 Å². The van der Waals surface area contributed by atoms with E-state index in [0.29, 0.717) is 25.4 Å². The maximum Gasteiger partial charge on any atom is 0.245 e. The first-order valence-electron chi connectivity index (χ1n) is 8.95. The summed E-state index contributed by atoms with van der Waals surface area (Å²) in [4.78, 5) is 14.9. The summed E-state index contributed by atoms with van der Waals surface area (Å²) in [6, 6.07) is 5.51. The summed E-state index contributed by atoms with van der Waals surface area (Å²) in [6.07, 6.45) is 1.20. The minimum atomic E-state index is -0.586. The number of rotatable bonds is 11. The summed E-state index contributed by atoms with van der Waals surface area (Å²) in [7, 11) is 3.69. The van der Waals surface area contributed by atoms with E-state index in [9.17, 15) is 9.18 Å². The van der Waals surface area contributed by atoms with E-state index in [0.717, 1.165) is 25.1 Å². The van der Waals surface area contributed by atoms with Gasteiger partial charge in [0.2, 0.25) is 5.91 Å². The molecule has 0 saturated carbocycles. The number of tetrazole rings is 1. The largest absolute Gasteiger partial charge is 0.383 e. The van der Waals surface area contributed by atoms with Gasteiger partial charge in [0.25, 0.3) is 0 Å². The van der Waals surface area contributed by atoms with Crippen molar-refractivity contribution in [1.29, 1.82) is 0 Å². The summed E-state index contributed by atoms with van der Waals surface area (Å²) >= 11 is 0. The number of amides is 1. The molecule has 2 aromatic rings. The Morgan fingerprint density at radius 2 is 2.07 bits per heavy atom. The van der Waals surface area contributed by atoms with Crippen LogP contribution in [0.1, 0.15) is 23.9 Å². The molecule has 0 fully saturated rings. The van der Waals surface area contributed by atoms with Crippen molar-refractivity contribution >= 4 is 5.91 Å². The SMILES string of the molecule is COCCN(C)CCCNC(=O)[C@@H](Cc1ccc(F)cc1)n1nnnc1C. The number of aryl methyl sites for hydroxylation is 1. The summed E-state index contributed by atoms with van der Waals surface area (Å²) in [6.45, 7) is 4.69. The van der Waals surface area contributed by atoms with Crippen molar-refractivity contribution in [2.45, 2.75) is 25.8 Å². The number of nitrogens with one attached hydrogen (secondary N) is 1. The third-order valence-electron chi connectivity index (χ3n) is 4.29. The van der Waals surface area contributed by atoms with Gasteiger partial charge in [-0.15, -0.1) is 5.10 Å². The monoisotopic (exact) mass is 378 g/mol. The molecule has 9 heteroatoms. The van der Waals surface area contributed by atoms with Crippen LogP contribution in [0.5, 0.6) is 0 Å². The van der Waals surface area contributed by atoms with Crippen molar-refractivity contribution in [1.82, 2.24) is 30.4 Å². The fraction of sp³-hybridized carbons (Fsp3) is 0.556. The number of ether oxygens (including phenoxy) is 1. The maximum atomic E-state index is 13.1. The second-order valence-electron chi connectivity index (χ2n) is 6.46. The van der Waals surface area contributed by atoms with Crippen LogP contribution in [0.2, 0.25) is 0 Å². The van der Waals surface area contributed by atoms with Gasteiger partial charge >= 0.3 is 0 Å². The number of likely N-dealkylation sites (N-methyl/N-ethyl adjacent to an activating group) is 1. The van der Waals surface area contributed by atoms with Crippen molar-refractivity contribution in [2.75, 3.05) is 40.4 Å². The average molecular weight is 378 g/mol. The number of hydrogen-bond acceptors (Lipinski definition) is 6. The van der Waals surface area contributed by atoms with Crippen LogP contribution in [-0.4, -0.2) is 71.4 Å². The van der Waals surface area contributed by atoms with E-state index in [4.69, 9.17) is 4.74 Å². The summed E-state index contributed by atoms with van der Waals surface area (Å²) < 4.78 is 19.7. The standard InChI is InChI=1S/C18H27FN6O2/c1-14-21-22-23-25(14)17(13-15-5-7-16(19)8-6-15)18(26)20-9-4-10-24(2)11-12-27-3/h5-8,17H,4,9-13H2,1-3H3,(H,20,26)/t17-/m1/s1. The number of nitrogens with zero attached hydrogens (tertiary/aromatic N) is 5. The molecule has 0 unspecified atom stereocenters. The number of carbonyl (C=O) groups excluding carboxylic acids is 1. The normalized spacial score (nSPS) is 12.3. The lowest BCUT2D eigenvalue weighted by Gasteiger charge is -2.19. The second-order valence-corrected chi connectivity index (χ2v) is 6.46.